The van der Waals surface area contributed by atoms with Crippen molar-refractivity contribution in [2.75, 3.05) is 14.2 Å². The van der Waals surface area contributed by atoms with Crippen LogP contribution in [0.25, 0.3) is 0 Å². The lowest BCUT2D eigenvalue weighted by atomic mass is 10.0. The molecule has 2 rings (SSSR count). The number of nitriles is 1. The summed E-state index contributed by atoms with van der Waals surface area (Å²) in [5.41, 5.74) is 2.03. The summed E-state index contributed by atoms with van der Waals surface area (Å²) in [6, 6.07) is 13.8. The van der Waals surface area contributed by atoms with Gasteiger partial charge in [0.1, 0.15) is 17.5 Å². The number of methoxy groups -OCH3 is 2. The molecule has 0 saturated heterocycles. The second-order valence-electron chi connectivity index (χ2n) is 4.96. The van der Waals surface area contributed by atoms with E-state index in [1.54, 1.807) is 18.2 Å². The first-order valence-electron chi connectivity index (χ1n) is 7.08. The van der Waals surface area contributed by atoms with E-state index in [1.807, 2.05) is 31.2 Å². The fourth-order valence-electron chi connectivity index (χ4n) is 2.29. The van der Waals surface area contributed by atoms with Crippen LogP contribution in [0.3, 0.4) is 0 Å². The van der Waals surface area contributed by atoms with E-state index in [9.17, 15) is 10.1 Å². The third-order valence-corrected chi connectivity index (χ3v) is 3.56. The molecular formula is C18H18N2O3. The number of hydrogen-bond donors (Lipinski definition) is 1. The molecule has 5 nitrogen and oxygen atoms in total. The van der Waals surface area contributed by atoms with E-state index >= 15 is 0 Å². The Balaban J connectivity index is 2.31. The number of aryl methyl sites for hydroxylation is 1. The summed E-state index contributed by atoms with van der Waals surface area (Å²) in [4.78, 5) is 12.5. The minimum atomic E-state index is -0.736. The van der Waals surface area contributed by atoms with E-state index in [4.69, 9.17) is 9.47 Å². The fraction of sp³-hybridized carbons (Fsp3) is 0.222. The van der Waals surface area contributed by atoms with Crippen LogP contribution in [-0.4, -0.2) is 20.1 Å². The zero-order valence-electron chi connectivity index (χ0n) is 13.3. The molecular weight excluding hydrogens is 292 g/mol. The Hall–Kier alpha value is -3.00. The maximum atomic E-state index is 12.5. The van der Waals surface area contributed by atoms with Gasteiger partial charge in [-0.25, -0.2) is 0 Å². The van der Waals surface area contributed by atoms with Gasteiger partial charge in [-0.3, -0.25) is 4.79 Å². The predicted molar refractivity (Wildman–Crippen MR) is 86.5 cm³/mol. The Bertz CT molecular complexity index is 750. The van der Waals surface area contributed by atoms with Crippen LogP contribution in [0, 0.1) is 18.3 Å². The number of hydrogen-bond acceptors (Lipinski definition) is 4. The third kappa shape index (κ3) is 3.61. The van der Waals surface area contributed by atoms with E-state index < -0.39 is 11.9 Å². The van der Waals surface area contributed by atoms with E-state index in [0.29, 0.717) is 17.1 Å². The number of amides is 1. The molecule has 1 atom stereocenters. The molecule has 2 aromatic carbocycles. The number of benzene rings is 2. The maximum Gasteiger partial charge on any atom is 0.256 e. The van der Waals surface area contributed by atoms with Gasteiger partial charge in [0.2, 0.25) is 0 Å². The van der Waals surface area contributed by atoms with Crippen molar-refractivity contribution in [3.8, 4) is 17.6 Å². The molecule has 2 aromatic rings. The van der Waals surface area contributed by atoms with Crippen molar-refractivity contribution in [1.82, 2.24) is 5.32 Å². The van der Waals surface area contributed by atoms with E-state index in [0.717, 1.165) is 11.1 Å². The highest BCUT2D eigenvalue weighted by atomic mass is 16.5. The van der Waals surface area contributed by atoms with Crippen LogP contribution in [0.2, 0.25) is 0 Å². The predicted octanol–water partition coefficient (Wildman–Crippen LogP) is 3.01. The largest absolute Gasteiger partial charge is 0.497 e. The molecule has 1 amide bonds. The molecule has 0 heterocycles. The molecule has 0 bridgehead atoms. The van der Waals surface area contributed by atoms with E-state index in [1.165, 1.54) is 14.2 Å². The molecule has 0 aliphatic rings. The van der Waals surface area contributed by atoms with Gasteiger partial charge in [-0.2, -0.15) is 5.26 Å². The molecule has 118 valence electrons. The van der Waals surface area contributed by atoms with E-state index in [-0.39, 0.29) is 0 Å². The van der Waals surface area contributed by atoms with Gasteiger partial charge >= 0.3 is 0 Å². The van der Waals surface area contributed by atoms with Crippen LogP contribution in [0.5, 0.6) is 11.5 Å². The average Bonchev–Trinajstić information content (AvgIpc) is 2.59. The highest BCUT2D eigenvalue weighted by Crippen LogP contribution is 2.25. The summed E-state index contributed by atoms with van der Waals surface area (Å²) >= 11 is 0. The zero-order chi connectivity index (χ0) is 16.8. The Morgan fingerprint density at radius 2 is 1.91 bits per heavy atom. The Morgan fingerprint density at radius 3 is 2.52 bits per heavy atom. The summed E-state index contributed by atoms with van der Waals surface area (Å²) < 4.78 is 10.4. The molecule has 0 saturated carbocycles. The van der Waals surface area contributed by atoms with Gasteiger partial charge in [-0.15, -0.1) is 0 Å². The molecule has 0 aliphatic heterocycles. The van der Waals surface area contributed by atoms with Crippen molar-refractivity contribution in [2.24, 2.45) is 0 Å². The Labute approximate surface area is 135 Å². The second kappa shape index (κ2) is 7.32. The number of carbonyl (C=O) groups is 1. The molecule has 0 aliphatic carbocycles. The number of carbonyl (C=O) groups excluding carboxylic acids is 1. The van der Waals surface area contributed by atoms with Gasteiger partial charge in [0.15, 0.2) is 0 Å². The number of rotatable bonds is 5. The molecule has 0 aromatic heterocycles. The van der Waals surface area contributed by atoms with Gasteiger partial charge < -0.3 is 14.8 Å². The Kier molecular flexibility index (Phi) is 5.21. The van der Waals surface area contributed by atoms with Crippen LogP contribution in [0.1, 0.15) is 27.5 Å². The standard InChI is InChI=1S/C18H18N2O3/c1-12-6-4-5-7-14(12)16(11-19)20-18(21)15-10-13(22-2)8-9-17(15)23-3/h4-10,16H,1-3H3,(H,20,21)/t16-/m1/s1. The van der Waals surface area contributed by atoms with Crippen molar-refractivity contribution in [1.29, 1.82) is 5.26 Å². The fourth-order valence-corrected chi connectivity index (χ4v) is 2.29. The first-order chi connectivity index (χ1) is 11.1. The van der Waals surface area contributed by atoms with E-state index in [2.05, 4.69) is 11.4 Å². The summed E-state index contributed by atoms with van der Waals surface area (Å²) in [6.07, 6.45) is 0. The number of nitrogens with zero attached hydrogens (tertiary/aromatic N) is 1. The molecule has 5 heteroatoms. The lowest BCUT2D eigenvalue weighted by molar-refractivity contribution is 0.0941. The highest BCUT2D eigenvalue weighted by molar-refractivity contribution is 5.97. The summed E-state index contributed by atoms with van der Waals surface area (Å²) in [7, 11) is 3.01. The first-order valence-corrected chi connectivity index (χ1v) is 7.08. The quantitative estimate of drug-likeness (QED) is 0.921. The topological polar surface area (TPSA) is 71.3 Å². The smallest absolute Gasteiger partial charge is 0.256 e. The summed E-state index contributed by atoms with van der Waals surface area (Å²) in [6.45, 7) is 1.90. The van der Waals surface area contributed by atoms with Gasteiger partial charge in [-0.05, 0) is 36.2 Å². The minimum Gasteiger partial charge on any atom is -0.497 e. The van der Waals surface area contributed by atoms with Crippen LogP contribution in [-0.2, 0) is 0 Å². The average molecular weight is 310 g/mol. The van der Waals surface area contributed by atoms with Crippen molar-refractivity contribution in [3.05, 3.63) is 59.2 Å². The normalized spacial score (nSPS) is 11.2. The lowest BCUT2D eigenvalue weighted by Gasteiger charge is -2.16. The number of nitrogens with one attached hydrogen (secondary N) is 1. The molecule has 0 spiro atoms. The molecule has 0 fully saturated rings. The second-order valence-corrected chi connectivity index (χ2v) is 4.96. The van der Waals surface area contributed by atoms with Gasteiger partial charge in [0, 0.05) is 0 Å². The molecule has 1 N–H and O–H groups in total. The van der Waals surface area contributed by atoms with Gasteiger partial charge in [0.25, 0.3) is 5.91 Å². The van der Waals surface area contributed by atoms with Gasteiger partial charge in [0.05, 0.1) is 25.9 Å². The molecule has 0 radical (unpaired) electrons. The van der Waals surface area contributed by atoms with Crippen LogP contribution < -0.4 is 14.8 Å². The van der Waals surface area contributed by atoms with Gasteiger partial charge in [-0.1, -0.05) is 24.3 Å². The molecule has 23 heavy (non-hydrogen) atoms. The summed E-state index contributed by atoms with van der Waals surface area (Å²) in [5, 5.41) is 12.1. The van der Waals surface area contributed by atoms with Crippen molar-refractivity contribution in [3.63, 3.8) is 0 Å². The SMILES string of the molecule is COc1ccc(OC)c(C(=O)N[C@H](C#N)c2ccccc2C)c1. The van der Waals surface area contributed by atoms with Crippen molar-refractivity contribution < 1.29 is 14.3 Å². The summed E-state index contributed by atoms with van der Waals surface area (Å²) in [5.74, 6) is 0.570. The monoisotopic (exact) mass is 310 g/mol. The lowest BCUT2D eigenvalue weighted by Crippen LogP contribution is -2.28. The highest BCUT2D eigenvalue weighted by Gasteiger charge is 2.19. The third-order valence-electron chi connectivity index (χ3n) is 3.56. The van der Waals surface area contributed by atoms with Crippen LogP contribution in [0.4, 0.5) is 0 Å². The van der Waals surface area contributed by atoms with Crippen LogP contribution >= 0.6 is 0 Å². The number of ether oxygens (including phenoxy) is 2. The minimum absolute atomic E-state index is 0.320. The zero-order valence-corrected chi connectivity index (χ0v) is 13.3. The first kappa shape index (κ1) is 16.4. The van der Waals surface area contributed by atoms with Crippen LogP contribution in [0.15, 0.2) is 42.5 Å². The Morgan fingerprint density at radius 1 is 1.17 bits per heavy atom. The maximum absolute atomic E-state index is 12.5. The van der Waals surface area contributed by atoms with Crippen molar-refractivity contribution in [2.45, 2.75) is 13.0 Å². The molecule has 0 unspecified atom stereocenters. The van der Waals surface area contributed by atoms with Crippen molar-refractivity contribution >= 4 is 5.91 Å².